The highest BCUT2D eigenvalue weighted by molar-refractivity contribution is 5.96. The number of halogens is 2. The molecule has 2 saturated heterocycles. The monoisotopic (exact) mass is 515 g/mol. The molecular weight excluding hydrogens is 488 g/mol. The molecule has 9 nitrogen and oxygen atoms in total. The van der Waals surface area contributed by atoms with E-state index in [2.05, 4.69) is 35.0 Å². The molecule has 0 aliphatic carbocycles. The summed E-state index contributed by atoms with van der Waals surface area (Å²) in [6.07, 6.45) is 12.4. The fourth-order valence-electron chi connectivity index (χ4n) is 5.57. The van der Waals surface area contributed by atoms with Crippen molar-refractivity contribution in [1.82, 2.24) is 40.0 Å². The van der Waals surface area contributed by atoms with Crippen LogP contribution in [0.3, 0.4) is 0 Å². The van der Waals surface area contributed by atoms with Gasteiger partial charge in [0.05, 0.1) is 47.6 Å². The van der Waals surface area contributed by atoms with E-state index in [0.29, 0.717) is 24.6 Å². The van der Waals surface area contributed by atoms with Crippen LogP contribution in [0.5, 0.6) is 0 Å². The third kappa shape index (κ3) is 4.26. The number of rotatable bonds is 5. The lowest BCUT2D eigenvalue weighted by atomic mass is 10.1. The van der Waals surface area contributed by atoms with Crippen molar-refractivity contribution in [3.05, 3.63) is 48.7 Å². The number of pyridine rings is 3. The number of aromatic nitrogens is 7. The second kappa shape index (κ2) is 9.09. The summed E-state index contributed by atoms with van der Waals surface area (Å²) in [5.74, 6) is -1.95. The van der Waals surface area contributed by atoms with Gasteiger partial charge in [0.2, 0.25) is 0 Å². The molecule has 2 N–H and O–H groups in total. The second-order valence-electron chi connectivity index (χ2n) is 10.3. The van der Waals surface area contributed by atoms with Crippen LogP contribution in [0, 0.1) is 0 Å². The maximum Gasteiger partial charge on any atom is 0.261 e. The number of aromatic amines is 2. The molecule has 0 amide bonds. The number of likely N-dealkylation sites (tertiary alicyclic amines) is 1. The van der Waals surface area contributed by atoms with E-state index in [1.807, 2.05) is 18.3 Å². The van der Waals surface area contributed by atoms with Crippen LogP contribution in [0.2, 0.25) is 0 Å². The van der Waals surface area contributed by atoms with Gasteiger partial charge < -0.3 is 9.88 Å². The Morgan fingerprint density at radius 2 is 1.79 bits per heavy atom. The molecule has 11 heteroatoms. The first-order chi connectivity index (χ1) is 18.5. The molecule has 2 aliphatic heterocycles. The third-order valence-corrected chi connectivity index (χ3v) is 7.49. The Morgan fingerprint density at radius 1 is 0.921 bits per heavy atom. The van der Waals surface area contributed by atoms with Crippen molar-refractivity contribution in [3.8, 4) is 22.8 Å². The number of fused-ring (bicyclic) bond motifs is 2. The first-order valence-corrected chi connectivity index (χ1v) is 13.0. The lowest BCUT2D eigenvalue weighted by molar-refractivity contribution is 0.0115. The molecule has 2 aliphatic rings. The molecule has 7 heterocycles. The molecule has 2 fully saturated rings. The van der Waals surface area contributed by atoms with E-state index in [0.717, 1.165) is 57.5 Å². The van der Waals surface area contributed by atoms with Crippen molar-refractivity contribution in [2.24, 2.45) is 0 Å². The summed E-state index contributed by atoms with van der Waals surface area (Å²) in [4.78, 5) is 25.9. The molecule has 38 heavy (non-hydrogen) atoms. The number of piperidine rings is 1. The smallest absolute Gasteiger partial charge is 0.261 e. The van der Waals surface area contributed by atoms with Crippen LogP contribution in [0.1, 0.15) is 31.2 Å². The number of anilines is 1. The van der Waals surface area contributed by atoms with Gasteiger partial charge in [0, 0.05) is 55.9 Å². The van der Waals surface area contributed by atoms with Crippen LogP contribution >= 0.6 is 0 Å². The van der Waals surface area contributed by atoms with Crippen molar-refractivity contribution in [2.75, 3.05) is 31.1 Å². The minimum atomic E-state index is -2.61. The maximum absolute atomic E-state index is 13.6. The Balaban J connectivity index is 1.22. The summed E-state index contributed by atoms with van der Waals surface area (Å²) in [6, 6.07) is 3.94. The van der Waals surface area contributed by atoms with E-state index in [9.17, 15) is 8.78 Å². The Labute approximate surface area is 217 Å². The van der Waals surface area contributed by atoms with Gasteiger partial charge in [-0.3, -0.25) is 25.0 Å². The van der Waals surface area contributed by atoms with Crippen LogP contribution in [0.15, 0.2) is 43.1 Å². The highest BCUT2D eigenvalue weighted by Gasteiger charge is 2.37. The predicted molar refractivity (Wildman–Crippen MR) is 141 cm³/mol. The van der Waals surface area contributed by atoms with Gasteiger partial charge in [-0.2, -0.15) is 5.10 Å². The topological polar surface area (TPSA) is 103 Å². The van der Waals surface area contributed by atoms with Crippen molar-refractivity contribution in [1.29, 1.82) is 0 Å². The Morgan fingerprint density at radius 3 is 2.63 bits per heavy atom. The molecule has 0 unspecified atom stereocenters. The number of imidazole rings is 1. The predicted octanol–water partition coefficient (Wildman–Crippen LogP) is 4.79. The number of hydrogen-bond donors (Lipinski definition) is 2. The van der Waals surface area contributed by atoms with Gasteiger partial charge in [-0.25, -0.2) is 13.8 Å². The molecular formula is C27H27F2N9. The van der Waals surface area contributed by atoms with Gasteiger partial charge in [0.25, 0.3) is 5.92 Å². The van der Waals surface area contributed by atoms with Gasteiger partial charge in [-0.15, -0.1) is 0 Å². The first kappa shape index (κ1) is 23.2. The number of alkyl halides is 2. The van der Waals surface area contributed by atoms with Crippen LogP contribution in [-0.2, 0) is 6.54 Å². The van der Waals surface area contributed by atoms with Crippen LogP contribution in [-0.4, -0.2) is 72.1 Å². The highest BCUT2D eigenvalue weighted by atomic mass is 19.3. The molecule has 194 valence electrons. The minimum Gasteiger partial charge on any atom is -0.368 e. The van der Waals surface area contributed by atoms with Crippen molar-refractivity contribution in [2.45, 2.75) is 38.2 Å². The van der Waals surface area contributed by atoms with E-state index >= 15 is 0 Å². The van der Waals surface area contributed by atoms with Crippen LogP contribution < -0.4 is 4.90 Å². The van der Waals surface area contributed by atoms with Crippen LogP contribution in [0.4, 0.5) is 14.5 Å². The summed E-state index contributed by atoms with van der Waals surface area (Å²) >= 11 is 0. The molecule has 0 saturated carbocycles. The van der Waals surface area contributed by atoms with E-state index < -0.39 is 5.92 Å². The van der Waals surface area contributed by atoms with Crippen LogP contribution in [0.25, 0.3) is 44.7 Å². The summed E-state index contributed by atoms with van der Waals surface area (Å²) in [6.45, 7) is 2.62. The third-order valence-electron chi connectivity index (χ3n) is 7.49. The SMILES string of the molecule is FC1(F)CCN(Cc2cncc(-c3cc4c(-c5nc6c(N7CCCCC7)cncc6[nH]5)n[nH]c4cn3)c2)C1. The fraction of sp³-hybridized carbons (Fsp3) is 0.370. The molecule has 0 aromatic carbocycles. The molecule has 0 bridgehead atoms. The van der Waals surface area contributed by atoms with E-state index in [1.54, 1.807) is 29.7 Å². The first-order valence-electron chi connectivity index (χ1n) is 13.0. The molecule has 5 aromatic heterocycles. The summed E-state index contributed by atoms with van der Waals surface area (Å²) in [5, 5.41) is 8.50. The van der Waals surface area contributed by atoms with E-state index in [4.69, 9.17) is 4.98 Å². The molecule has 0 atom stereocenters. The van der Waals surface area contributed by atoms with Gasteiger partial charge in [-0.1, -0.05) is 0 Å². The summed E-state index contributed by atoms with van der Waals surface area (Å²) < 4.78 is 27.3. The van der Waals surface area contributed by atoms with Crippen molar-refractivity contribution < 1.29 is 8.78 Å². The van der Waals surface area contributed by atoms with Gasteiger partial charge in [-0.05, 0) is 37.0 Å². The molecule has 0 radical (unpaired) electrons. The Hall–Kier alpha value is -3.99. The summed E-state index contributed by atoms with van der Waals surface area (Å²) in [7, 11) is 0. The standard InChI is InChI=1S/C27H27F2N9/c28-27(29)4-7-37(16-27)15-17-8-18(11-30-10-17)20-9-19-21(13-32-20)35-36-24(19)26-33-22-12-31-14-23(25(22)34-26)38-5-2-1-3-6-38/h8-14H,1-7,15-16H2,(H,33,34)(H,35,36). The van der Waals surface area contributed by atoms with Crippen molar-refractivity contribution >= 4 is 27.6 Å². The lowest BCUT2D eigenvalue weighted by Crippen LogP contribution is -2.29. The fourth-order valence-corrected chi connectivity index (χ4v) is 5.57. The lowest BCUT2D eigenvalue weighted by Gasteiger charge is -2.28. The molecule has 0 spiro atoms. The van der Waals surface area contributed by atoms with E-state index in [-0.39, 0.29) is 13.0 Å². The quantitative estimate of drug-likeness (QED) is 0.347. The normalized spacial score (nSPS) is 18.1. The highest BCUT2D eigenvalue weighted by Crippen LogP contribution is 2.33. The van der Waals surface area contributed by atoms with Crippen molar-refractivity contribution in [3.63, 3.8) is 0 Å². The number of hydrogen-bond acceptors (Lipinski definition) is 7. The minimum absolute atomic E-state index is 0.0982. The average Bonchev–Trinajstić information content (AvgIpc) is 3.64. The van der Waals surface area contributed by atoms with Gasteiger partial charge in [0.15, 0.2) is 5.82 Å². The molecule has 7 rings (SSSR count). The number of nitrogens with one attached hydrogen (secondary N) is 2. The Kier molecular flexibility index (Phi) is 5.54. The number of nitrogens with zero attached hydrogens (tertiary/aromatic N) is 7. The zero-order chi connectivity index (χ0) is 25.7. The van der Waals surface area contributed by atoms with Gasteiger partial charge >= 0.3 is 0 Å². The maximum atomic E-state index is 13.6. The van der Waals surface area contributed by atoms with Gasteiger partial charge in [0.1, 0.15) is 11.2 Å². The summed E-state index contributed by atoms with van der Waals surface area (Å²) in [5.41, 5.74) is 6.74. The second-order valence-corrected chi connectivity index (χ2v) is 10.3. The Bertz CT molecular complexity index is 1620. The van der Waals surface area contributed by atoms with E-state index in [1.165, 1.54) is 19.3 Å². The zero-order valence-electron chi connectivity index (χ0n) is 20.8. The number of H-pyrrole nitrogens is 2. The average molecular weight is 516 g/mol. The largest absolute Gasteiger partial charge is 0.368 e. The molecule has 5 aromatic rings. The zero-order valence-corrected chi connectivity index (χ0v) is 20.8.